The standard InChI is InChI=1S/C28H23BrN2O4/c1-18-6-5-8-21(16-18)28(33)35-26-15-10-20-7-3-4-9-24(20)25(26)17-30-31-27(32)19(2)34-23-13-11-22(29)12-14-23/h3-17,19H,1-2H3,(H,31,32)/b30-17-/t19-/m0/s1. The molecule has 0 radical (unpaired) electrons. The quantitative estimate of drug-likeness (QED) is 0.136. The van der Waals surface area contributed by atoms with Gasteiger partial charge in [0.05, 0.1) is 11.8 Å². The number of hydrogen-bond acceptors (Lipinski definition) is 5. The van der Waals surface area contributed by atoms with Gasteiger partial charge in [0, 0.05) is 10.0 Å². The molecule has 7 heteroatoms. The second-order valence-corrected chi connectivity index (χ2v) is 8.82. The maximum atomic E-state index is 12.8. The lowest BCUT2D eigenvalue weighted by atomic mass is 10.0. The third-order valence-corrected chi connectivity index (χ3v) is 5.78. The maximum Gasteiger partial charge on any atom is 0.343 e. The van der Waals surface area contributed by atoms with Crippen LogP contribution in [0.4, 0.5) is 0 Å². The second-order valence-electron chi connectivity index (χ2n) is 7.91. The summed E-state index contributed by atoms with van der Waals surface area (Å²) >= 11 is 3.37. The van der Waals surface area contributed by atoms with E-state index < -0.39 is 18.0 Å². The highest BCUT2D eigenvalue weighted by Crippen LogP contribution is 2.27. The van der Waals surface area contributed by atoms with E-state index in [1.165, 1.54) is 6.21 Å². The average molecular weight is 531 g/mol. The van der Waals surface area contributed by atoms with E-state index in [9.17, 15) is 9.59 Å². The third-order valence-electron chi connectivity index (χ3n) is 5.25. The van der Waals surface area contributed by atoms with Crippen molar-refractivity contribution in [3.05, 3.63) is 106 Å². The van der Waals surface area contributed by atoms with Gasteiger partial charge < -0.3 is 9.47 Å². The molecule has 1 N–H and O–H groups in total. The first-order valence-electron chi connectivity index (χ1n) is 11.0. The van der Waals surface area contributed by atoms with Crippen molar-refractivity contribution in [3.8, 4) is 11.5 Å². The number of amides is 1. The molecule has 0 aliphatic carbocycles. The largest absolute Gasteiger partial charge is 0.481 e. The van der Waals surface area contributed by atoms with E-state index in [0.29, 0.717) is 22.6 Å². The first-order chi connectivity index (χ1) is 16.9. The molecular weight excluding hydrogens is 508 g/mol. The lowest BCUT2D eigenvalue weighted by molar-refractivity contribution is -0.127. The average Bonchev–Trinajstić information content (AvgIpc) is 2.86. The summed E-state index contributed by atoms with van der Waals surface area (Å²) in [6.07, 6.45) is 0.713. The van der Waals surface area contributed by atoms with E-state index in [2.05, 4.69) is 26.5 Å². The van der Waals surface area contributed by atoms with Crippen molar-refractivity contribution in [1.82, 2.24) is 5.43 Å². The predicted molar refractivity (Wildman–Crippen MR) is 140 cm³/mol. The molecule has 176 valence electrons. The van der Waals surface area contributed by atoms with Crippen LogP contribution < -0.4 is 14.9 Å². The van der Waals surface area contributed by atoms with Gasteiger partial charge in [0.15, 0.2) is 6.10 Å². The molecule has 4 aromatic rings. The van der Waals surface area contributed by atoms with E-state index >= 15 is 0 Å². The molecule has 4 aromatic carbocycles. The Morgan fingerprint density at radius 3 is 2.51 bits per heavy atom. The summed E-state index contributed by atoms with van der Waals surface area (Å²) in [4.78, 5) is 25.3. The maximum absolute atomic E-state index is 12.8. The van der Waals surface area contributed by atoms with Crippen LogP contribution in [0.5, 0.6) is 11.5 Å². The highest BCUT2D eigenvalue weighted by molar-refractivity contribution is 9.10. The molecule has 0 saturated heterocycles. The van der Waals surface area contributed by atoms with E-state index in [1.54, 1.807) is 37.3 Å². The van der Waals surface area contributed by atoms with Crippen LogP contribution >= 0.6 is 15.9 Å². The number of esters is 1. The first-order valence-corrected chi connectivity index (χ1v) is 11.8. The van der Waals surface area contributed by atoms with E-state index in [4.69, 9.17) is 9.47 Å². The van der Waals surface area contributed by atoms with Gasteiger partial charge in [0.25, 0.3) is 5.91 Å². The lowest BCUT2D eigenvalue weighted by Crippen LogP contribution is -2.33. The molecular formula is C28H23BrN2O4. The number of ether oxygens (including phenoxy) is 2. The first kappa shape index (κ1) is 24.2. The molecule has 0 spiro atoms. The van der Waals surface area contributed by atoms with E-state index in [1.807, 2.05) is 61.5 Å². The molecule has 0 aliphatic rings. The number of hydrazone groups is 1. The van der Waals surface area contributed by atoms with E-state index in [0.717, 1.165) is 20.8 Å². The zero-order valence-electron chi connectivity index (χ0n) is 19.2. The minimum absolute atomic E-state index is 0.340. The van der Waals surface area contributed by atoms with Gasteiger partial charge in [-0.3, -0.25) is 4.79 Å². The third kappa shape index (κ3) is 6.13. The summed E-state index contributed by atoms with van der Waals surface area (Å²) in [5.74, 6) is 0.0218. The SMILES string of the molecule is Cc1cccc(C(=O)Oc2ccc3ccccc3c2/C=N\NC(=O)[C@H](C)Oc2ccc(Br)cc2)c1. The number of fused-ring (bicyclic) bond motifs is 1. The number of nitrogens with zero attached hydrogens (tertiary/aromatic N) is 1. The van der Waals surface area contributed by atoms with Gasteiger partial charge in [0.1, 0.15) is 11.5 Å². The van der Waals surface area contributed by atoms with Gasteiger partial charge in [-0.15, -0.1) is 0 Å². The zero-order chi connectivity index (χ0) is 24.8. The van der Waals surface area contributed by atoms with E-state index in [-0.39, 0.29) is 0 Å². The Hall–Kier alpha value is -3.97. The summed E-state index contributed by atoms with van der Waals surface area (Å²) < 4.78 is 12.3. The van der Waals surface area contributed by atoms with Crippen molar-refractivity contribution in [2.24, 2.45) is 5.10 Å². The van der Waals surface area contributed by atoms with Crippen molar-refractivity contribution in [2.45, 2.75) is 20.0 Å². The normalized spacial score (nSPS) is 11.9. The van der Waals surface area contributed by atoms with Crippen molar-refractivity contribution in [2.75, 3.05) is 0 Å². The Labute approximate surface area is 211 Å². The van der Waals surface area contributed by atoms with Crippen LogP contribution in [0.2, 0.25) is 0 Å². The van der Waals surface area contributed by atoms with Gasteiger partial charge in [0.2, 0.25) is 0 Å². The lowest BCUT2D eigenvalue weighted by Gasteiger charge is -2.13. The van der Waals surface area contributed by atoms with Crippen LogP contribution in [0.15, 0.2) is 94.5 Å². The fourth-order valence-electron chi connectivity index (χ4n) is 3.45. The highest BCUT2D eigenvalue weighted by atomic mass is 79.9. The van der Waals surface area contributed by atoms with Crippen LogP contribution in [-0.4, -0.2) is 24.2 Å². The summed E-state index contributed by atoms with van der Waals surface area (Å²) in [5.41, 5.74) is 4.49. The van der Waals surface area contributed by atoms with Crippen molar-refractivity contribution in [3.63, 3.8) is 0 Å². The van der Waals surface area contributed by atoms with Crippen LogP contribution in [-0.2, 0) is 4.79 Å². The fourth-order valence-corrected chi connectivity index (χ4v) is 3.72. The van der Waals surface area contributed by atoms with Crippen molar-refractivity contribution < 1.29 is 19.1 Å². The molecule has 35 heavy (non-hydrogen) atoms. The molecule has 1 amide bonds. The fraction of sp³-hybridized carbons (Fsp3) is 0.107. The highest BCUT2D eigenvalue weighted by Gasteiger charge is 2.16. The van der Waals surface area contributed by atoms with Gasteiger partial charge >= 0.3 is 5.97 Å². The van der Waals surface area contributed by atoms with Crippen LogP contribution in [0, 0.1) is 6.92 Å². The minimum Gasteiger partial charge on any atom is -0.481 e. The molecule has 0 aliphatic heterocycles. The summed E-state index contributed by atoms with van der Waals surface area (Å²) in [6, 6.07) is 25.6. The number of hydrogen-bond donors (Lipinski definition) is 1. The number of carbonyl (C=O) groups is 2. The Morgan fingerprint density at radius 1 is 0.971 bits per heavy atom. The molecule has 6 nitrogen and oxygen atoms in total. The Kier molecular flexibility index (Phi) is 7.57. The smallest absolute Gasteiger partial charge is 0.343 e. The topological polar surface area (TPSA) is 77.0 Å². The number of benzene rings is 4. The predicted octanol–water partition coefficient (Wildman–Crippen LogP) is 6.05. The summed E-state index contributed by atoms with van der Waals surface area (Å²) in [6.45, 7) is 3.55. The summed E-state index contributed by atoms with van der Waals surface area (Å²) in [5, 5.41) is 5.90. The minimum atomic E-state index is -0.764. The summed E-state index contributed by atoms with van der Waals surface area (Å²) in [7, 11) is 0. The van der Waals surface area contributed by atoms with Crippen LogP contribution in [0.3, 0.4) is 0 Å². The van der Waals surface area contributed by atoms with Crippen molar-refractivity contribution >= 4 is 44.8 Å². The van der Waals surface area contributed by atoms with Crippen molar-refractivity contribution in [1.29, 1.82) is 0 Å². The molecule has 0 unspecified atom stereocenters. The molecule has 1 atom stereocenters. The van der Waals surface area contributed by atoms with Gasteiger partial charge in [-0.1, -0.05) is 64.0 Å². The van der Waals surface area contributed by atoms with Gasteiger partial charge in [-0.25, -0.2) is 10.2 Å². The Bertz CT molecular complexity index is 1400. The van der Waals surface area contributed by atoms with Crippen LogP contribution in [0.1, 0.15) is 28.4 Å². The monoisotopic (exact) mass is 530 g/mol. The Morgan fingerprint density at radius 2 is 1.74 bits per heavy atom. The second kappa shape index (κ2) is 11.0. The molecule has 4 rings (SSSR count). The van der Waals surface area contributed by atoms with Crippen LogP contribution in [0.25, 0.3) is 10.8 Å². The molecule has 0 aromatic heterocycles. The number of carbonyl (C=O) groups excluding carboxylic acids is 2. The number of aryl methyl sites for hydroxylation is 1. The molecule has 0 bridgehead atoms. The molecule has 0 fully saturated rings. The molecule has 0 heterocycles. The molecule has 0 saturated carbocycles. The van der Waals surface area contributed by atoms with Gasteiger partial charge in [-0.05, 0) is 67.1 Å². The number of nitrogens with one attached hydrogen (secondary N) is 1. The zero-order valence-corrected chi connectivity index (χ0v) is 20.8. The Balaban J connectivity index is 1.53. The van der Waals surface area contributed by atoms with Gasteiger partial charge in [-0.2, -0.15) is 5.10 Å². The number of halogens is 1. The number of rotatable bonds is 7.